The molecule has 1 aromatic heterocycles. The van der Waals surface area contributed by atoms with Crippen molar-refractivity contribution < 1.29 is 5.11 Å². The van der Waals surface area contributed by atoms with Crippen molar-refractivity contribution in [1.29, 1.82) is 5.26 Å². The van der Waals surface area contributed by atoms with Gasteiger partial charge in [-0.3, -0.25) is 0 Å². The van der Waals surface area contributed by atoms with Crippen molar-refractivity contribution in [3.8, 4) is 6.07 Å². The summed E-state index contributed by atoms with van der Waals surface area (Å²) in [6.45, 7) is 2.61. The fourth-order valence-electron chi connectivity index (χ4n) is 1.68. The third kappa shape index (κ3) is 4.20. The van der Waals surface area contributed by atoms with Crippen LogP contribution in [0.2, 0.25) is 0 Å². The summed E-state index contributed by atoms with van der Waals surface area (Å²) >= 11 is 0. The number of nitrogens with one attached hydrogen (secondary N) is 1. The molecular weight excluding hydrogens is 230 g/mol. The van der Waals surface area contributed by atoms with Crippen LogP contribution in [-0.2, 0) is 0 Å². The van der Waals surface area contributed by atoms with Crippen molar-refractivity contribution in [2.24, 2.45) is 0 Å². The number of nitrogens with two attached hydrogens (primary N) is 1. The van der Waals surface area contributed by atoms with E-state index in [0.29, 0.717) is 24.6 Å². The van der Waals surface area contributed by atoms with E-state index >= 15 is 0 Å². The average molecular weight is 249 g/mol. The van der Waals surface area contributed by atoms with E-state index in [-0.39, 0.29) is 5.69 Å². The monoisotopic (exact) mass is 249 g/mol. The first-order chi connectivity index (χ1) is 8.34. The summed E-state index contributed by atoms with van der Waals surface area (Å²) < 4.78 is 0. The van der Waals surface area contributed by atoms with Gasteiger partial charge in [-0.15, -0.1) is 0 Å². The maximum atomic E-state index is 10.1. The fourth-order valence-corrected chi connectivity index (χ4v) is 1.68. The van der Waals surface area contributed by atoms with Gasteiger partial charge in [0.2, 0.25) is 0 Å². The van der Waals surface area contributed by atoms with Crippen LogP contribution in [0.1, 0.15) is 12.6 Å². The molecule has 0 aliphatic rings. The van der Waals surface area contributed by atoms with Crippen LogP contribution in [-0.4, -0.2) is 47.8 Å². The van der Waals surface area contributed by atoms with E-state index in [0.717, 1.165) is 0 Å². The molecular formula is C12H19N5O. The Morgan fingerprint density at radius 2 is 2.22 bits per heavy atom. The fraction of sp³-hybridized carbons (Fsp3) is 0.500. The molecule has 0 aliphatic heterocycles. The second kappa shape index (κ2) is 5.67. The smallest absolute Gasteiger partial charge is 0.165 e. The van der Waals surface area contributed by atoms with E-state index in [1.165, 1.54) is 0 Å². The molecule has 1 atom stereocenters. The van der Waals surface area contributed by atoms with Gasteiger partial charge in [-0.25, -0.2) is 4.98 Å². The molecule has 0 spiro atoms. The van der Waals surface area contributed by atoms with Crippen LogP contribution in [0, 0.1) is 11.3 Å². The lowest BCUT2D eigenvalue weighted by molar-refractivity contribution is 0.0459. The number of nitrogen functional groups attached to an aromatic ring is 1. The zero-order chi connectivity index (χ0) is 13.8. The number of aromatic nitrogens is 1. The molecule has 0 fully saturated rings. The molecule has 1 aromatic rings. The molecule has 1 rings (SSSR count). The van der Waals surface area contributed by atoms with Gasteiger partial charge in [0, 0.05) is 13.1 Å². The Hall–Kier alpha value is -1.84. The van der Waals surface area contributed by atoms with Crippen LogP contribution in [0.3, 0.4) is 0 Å². The average Bonchev–Trinajstić information content (AvgIpc) is 2.26. The molecule has 6 nitrogen and oxygen atoms in total. The van der Waals surface area contributed by atoms with E-state index < -0.39 is 5.60 Å². The minimum Gasteiger partial charge on any atom is -0.396 e. The largest absolute Gasteiger partial charge is 0.396 e. The van der Waals surface area contributed by atoms with E-state index in [1.54, 1.807) is 19.1 Å². The first-order valence-electron chi connectivity index (χ1n) is 5.62. The summed E-state index contributed by atoms with van der Waals surface area (Å²) in [4.78, 5) is 5.95. The number of hydrogen-bond donors (Lipinski definition) is 3. The SMILES string of the molecule is CN(C)CC(C)(O)CNc1ccc(N)c(C#N)n1. The standard InChI is InChI=1S/C12H19N5O/c1-12(18,8-17(2)3)7-15-11-5-4-9(14)10(6-13)16-11/h4-5,18H,7-8,14H2,1-3H3,(H,15,16). The number of nitriles is 1. The summed E-state index contributed by atoms with van der Waals surface area (Å²) in [5, 5.41) is 21.9. The Labute approximate surface area is 107 Å². The topological polar surface area (TPSA) is 98.2 Å². The van der Waals surface area contributed by atoms with Gasteiger partial charge in [0.05, 0.1) is 11.3 Å². The van der Waals surface area contributed by atoms with E-state index in [9.17, 15) is 5.11 Å². The van der Waals surface area contributed by atoms with Crippen molar-refractivity contribution in [2.75, 3.05) is 38.2 Å². The molecule has 1 heterocycles. The number of anilines is 2. The molecule has 1 unspecified atom stereocenters. The summed E-state index contributed by atoms with van der Waals surface area (Å²) in [6.07, 6.45) is 0. The molecule has 0 saturated heterocycles. The molecule has 4 N–H and O–H groups in total. The number of rotatable bonds is 5. The zero-order valence-corrected chi connectivity index (χ0v) is 10.9. The van der Waals surface area contributed by atoms with Gasteiger partial charge in [-0.05, 0) is 33.2 Å². The summed E-state index contributed by atoms with van der Waals surface area (Å²) in [5.41, 5.74) is 5.24. The second-order valence-corrected chi connectivity index (χ2v) is 4.83. The van der Waals surface area contributed by atoms with Crippen LogP contribution in [0.5, 0.6) is 0 Å². The van der Waals surface area contributed by atoms with Crippen molar-refractivity contribution in [3.63, 3.8) is 0 Å². The van der Waals surface area contributed by atoms with E-state index in [1.807, 2.05) is 25.1 Å². The maximum Gasteiger partial charge on any atom is 0.165 e. The summed E-state index contributed by atoms with van der Waals surface area (Å²) in [5.74, 6) is 0.528. The Morgan fingerprint density at radius 1 is 1.56 bits per heavy atom. The predicted molar refractivity (Wildman–Crippen MR) is 71.0 cm³/mol. The quantitative estimate of drug-likeness (QED) is 0.692. The van der Waals surface area contributed by atoms with Gasteiger partial charge in [-0.1, -0.05) is 0 Å². The zero-order valence-electron chi connectivity index (χ0n) is 10.9. The van der Waals surface area contributed by atoms with Crippen LogP contribution in [0.15, 0.2) is 12.1 Å². The van der Waals surface area contributed by atoms with Crippen LogP contribution >= 0.6 is 0 Å². The van der Waals surface area contributed by atoms with Gasteiger partial charge < -0.3 is 21.1 Å². The lowest BCUT2D eigenvalue weighted by atomic mass is 10.1. The highest BCUT2D eigenvalue weighted by atomic mass is 16.3. The highest BCUT2D eigenvalue weighted by Crippen LogP contribution is 2.13. The first kappa shape index (κ1) is 14.2. The number of aliphatic hydroxyl groups is 1. The number of hydrogen-bond acceptors (Lipinski definition) is 6. The number of pyridine rings is 1. The van der Waals surface area contributed by atoms with Gasteiger partial charge >= 0.3 is 0 Å². The lowest BCUT2D eigenvalue weighted by Gasteiger charge is -2.27. The van der Waals surface area contributed by atoms with Gasteiger partial charge in [0.15, 0.2) is 5.69 Å². The van der Waals surface area contributed by atoms with E-state index in [4.69, 9.17) is 11.0 Å². The highest BCUT2D eigenvalue weighted by molar-refractivity contribution is 5.54. The minimum absolute atomic E-state index is 0.187. The molecule has 0 radical (unpaired) electrons. The molecule has 18 heavy (non-hydrogen) atoms. The third-order valence-electron chi connectivity index (χ3n) is 2.34. The molecule has 6 heteroatoms. The summed E-state index contributed by atoms with van der Waals surface area (Å²) in [6, 6.07) is 5.22. The minimum atomic E-state index is -0.876. The highest BCUT2D eigenvalue weighted by Gasteiger charge is 2.21. The van der Waals surface area contributed by atoms with Crippen molar-refractivity contribution in [3.05, 3.63) is 17.8 Å². The predicted octanol–water partition coefficient (Wildman–Crippen LogP) is 0.260. The van der Waals surface area contributed by atoms with Crippen LogP contribution in [0.4, 0.5) is 11.5 Å². The normalized spacial score (nSPS) is 14.0. The van der Waals surface area contributed by atoms with Crippen molar-refractivity contribution >= 4 is 11.5 Å². The van der Waals surface area contributed by atoms with Gasteiger partial charge in [0.1, 0.15) is 11.9 Å². The molecule has 0 amide bonds. The first-order valence-corrected chi connectivity index (χ1v) is 5.62. The molecule has 98 valence electrons. The Balaban J connectivity index is 2.67. The number of likely N-dealkylation sites (N-methyl/N-ethyl adjacent to an activating group) is 1. The van der Waals surface area contributed by atoms with Crippen LogP contribution in [0.25, 0.3) is 0 Å². The van der Waals surface area contributed by atoms with Crippen molar-refractivity contribution in [2.45, 2.75) is 12.5 Å². The van der Waals surface area contributed by atoms with Gasteiger partial charge in [0.25, 0.3) is 0 Å². The lowest BCUT2D eigenvalue weighted by Crippen LogP contribution is -2.43. The summed E-state index contributed by atoms with van der Waals surface area (Å²) in [7, 11) is 3.79. The Morgan fingerprint density at radius 3 is 2.78 bits per heavy atom. The van der Waals surface area contributed by atoms with E-state index in [2.05, 4.69) is 10.3 Å². The molecule has 0 aromatic carbocycles. The number of nitrogens with zero attached hydrogens (tertiary/aromatic N) is 3. The maximum absolute atomic E-state index is 10.1. The molecule has 0 aliphatic carbocycles. The third-order valence-corrected chi connectivity index (χ3v) is 2.34. The van der Waals surface area contributed by atoms with Gasteiger partial charge in [-0.2, -0.15) is 5.26 Å². The molecule has 0 saturated carbocycles. The van der Waals surface area contributed by atoms with Crippen molar-refractivity contribution in [1.82, 2.24) is 9.88 Å². The molecule has 0 bridgehead atoms. The Kier molecular flexibility index (Phi) is 4.48. The Bertz CT molecular complexity index is 450. The van der Waals surface area contributed by atoms with Crippen LogP contribution < -0.4 is 11.1 Å². The second-order valence-electron chi connectivity index (χ2n) is 4.83.